The molecule has 0 unspecified atom stereocenters. The molecule has 148 valence electrons. The second-order valence-electron chi connectivity index (χ2n) is 7.07. The van der Waals surface area contributed by atoms with E-state index in [0.717, 1.165) is 30.4 Å². The van der Waals surface area contributed by atoms with Crippen LogP contribution < -0.4 is 20.3 Å². The van der Waals surface area contributed by atoms with Crippen molar-refractivity contribution in [2.24, 2.45) is 0 Å². The normalized spacial score (nSPS) is 13.4. The van der Waals surface area contributed by atoms with Gasteiger partial charge in [-0.2, -0.15) is 0 Å². The molecule has 6 heteroatoms. The largest absolute Gasteiger partial charge is 0.484 e. The summed E-state index contributed by atoms with van der Waals surface area (Å²) in [6.45, 7) is 5.37. The fourth-order valence-corrected chi connectivity index (χ4v) is 3.15. The smallest absolute Gasteiger partial charge is 0.279 e. The number of carbonyl (C=O) groups is 2. The van der Waals surface area contributed by atoms with Gasteiger partial charge in [-0.05, 0) is 80.5 Å². The summed E-state index contributed by atoms with van der Waals surface area (Å²) in [7, 11) is 0. The summed E-state index contributed by atoms with van der Waals surface area (Å²) in [5, 5.41) is 0. The molecule has 2 N–H and O–H groups in total. The molecular weight excluding hydrogens is 356 g/mol. The van der Waals surface area contributed by atoms with Crippen LogP contribution in [0.1, 0.15) is 35.6 Å². The molecule has 1 atom stereocenters. The van der Waals surface area contributed by atoms with Gasteiger partial charge in [0.15, 0.2) is 12.7 Å². The number of aryl methyl sites for hydroxylation is 3. The first-order valence-electron chi connectivity index (χ1n) is 9.50. The van der Waals surface area contributed by atoms with Gasteiger partial charge in [-0.15, -0.1) is 0 Å². The molecule has 0 aliphatic heterocycles. The molecule has 1 aliphatic rings. The summed E-state index contributed by atoms with van der Waals surface area (Å²) in [5.41, 5.74) is 9.42. The lowest BCUT2D eigenvalue weighted by atomic mass is 10.1. The minimum absolute atomic E-state index is 0.175. The van der Waals surface area contributed by atoms with Gasteiger partial charge in [0.05, 0.1) is 0 Å². The Balaban J connectivity index is 1.43. The average molecular weight is 382 g/mol. The third-order valence-electron chi connectivity index (χ3n) is 4.99. The van der Waals surface area contributed by atoms with Gasteiger partial charge in [0.2, 0.25) is 0 Å². The lowest BCUT2D eigenvalue weighted by molar-refractivity contribution is -0.133. The molecule has 28 heavy (non-hydrogen) atoms. The number of hydrogen-bond donors (Lipinski definition) is 2. The van der Waals surface area contributed by atoms with Crippen LogP contribution in [0.4, 0.5) is 0 Å². The van der Waals surface area contributed by atoms with Crippen LogP contribution in [0.25, 0.3) is 0 Å². The number of rotatable bonds is 6. The van der Waals surface area contributed by atoms with Gasteiger partial charge in [-0.1, -0.05) is 18.2 Å². The van der Waals surface area contributed by atoms with Crippen LogP contribution in [0.3, 0.4) is 0 Å². The molecule has 0 spiro atoms. The van der Waals surface area contributed by atoms with E-state index >= 15 is 0 Å². The standard InChI is InChI=1S/C22H26N2O4/c1-14-6-4-9-20(15(14)2)28-16(3)22(26)24-23-21(25)13-27-19-11-10-17-7-5-8-18(17)12-19/h4,6,9-12,16H,5,7-8,13H2,1-3H3,(H,23,25)(H,24,26)/t16-/m0/s1. The molecule has 0 aromatic heterocycles. The Morgan fingerprint density at radius 3 is 2.68 bits per heavy atom. The number of hydrogen-bond acceptors (Lipinski definition) is 4. The minimum Gasteiger partial charge on any atom is -0.484 e. The Labute approximate surface area is 165 Å². The van der Waals surface area contributed by atoms with E-state index in [9.17, 15) is 9.59 Å². The summed E-state index contributed by atoms with van der Waals surface area (Å²) in [5.74, 6) is 0.433. The van der Waals surface area contributed by atoms with E-state index in [1.807, 2.05) is 50.2 Å². The summed E-state index contributed by atoms with van der Waals surface area (Å²) in [4.78, 5) is 24.1. The van der Waals surface area contributed by atoms with Crippen molar-refractivity contribution in [2.45, 2.75) is 46.1 Å². The van der Waals surface area contributed by atoms with Gasteiger partial charge in [0.25, 0.3) is 11.8 Å². The van der Waals surface area contributed by atoms with E-state index < -0.39 is 17.9 Å². The second-order valence-corrected chi connectivity index (χ2v) is 7.07. The van der Waals surface area contributed by atoms with Crippen molar-refractivity contribution in [1.82, 2.24) is 10.9 Å². The predicted octanol–water partition coefficient (Wildman–Crippen LogP) is 2.79. The van der Waals surface area contributed by atoms with Crippen LogP contribution in [0, 0.1) is 13.8 Å². The quantitative estimate of drug-likeness (QED) is 0.754. The Bertz CT molecular complexity index is 879. The number of amides is 2. The molecule has 1 aliphatic carbocycles. The molecule has 0 radical (unpaired) electrons. The molecule has 0 saturated carbocycles. The van der Waals surface area contributed by atoms with Crippen LogP contribution in [0.15, 0.2) is 36.4 Å². The van der Waals surface area contributed by atoms with Gasteiger partial charge in [-0.3, -0.25) is 20.4 Å². The van der Waals surface area contributed by atoms with E-state index in [-0.39, 0.29) is 6.61 Å². The van der Waals surface area contributed by atoms with Crippen molar-refractivity contribution >= 4 is 11.8 Å². The maximum Gasteiger partial charge on any atom is 0.279 e. The van der Waals surface area contributed by atoms with Crippen LogP contribution in [-0.4, -0.2) is 24.5 Å². The highest BCUT2D eigenvalue weighted by Gasteiger charge is 2.17. The number of benzene rings is 2. The SMILES string of the molecule is Cc1cccc(O[C@@H](C)C(=O)NNC(=O)COc2ccc3c(c2)CCC3)c1C. The van der Waals surface area contributed by atoms with E-state index in [2.05, 4.69) is 10.9 Å². The number of hydrazine groups is 1. The first-order chi connectivity index (χ1) is 13.4. The number of carbonyl (C=O) groups excluding carboxylic acids is 2. The fraction of sp³-hybridized carbons (Fsp3) is 0.364. The Morgan fingerprint density at radius 1 is 1.07 bits per heavy atom. The molecule has 3 rings (SSSR count). The summed E-state index contributed by atoms with van der Waals surface area (Å²) in [6.07, 6.45) is 2.56. The van der Waals surface area contributed by atoms with E-state index in [1.165, 1.54) is 11.1 Å². The molecule has 0 fully saturated rings. The van der Waals surface area contributed by atoms with Gasteiger partial charge in [-0.25, -0.2) is 0 Å². The topological polar surface area (TPSA) is 76.7 Å². The first-order valence-corrected chi connectivity index (χ1v) is 9.50. The monoisotopic (exact) mass is 382 g/mol. The number of ether oxygens (including phenoxy) is 2. The maximum atomic E-state index is 12.2. The number of fused-ring (bicyclic) bond motifs is 1. The van der Waals surface area contributed by atoms with E-state index in [4.69, 9.17) is 9.47 Å². The van der Waals surface area contributed by atoms with Crippen LogP contribution in [-0.2, 0) is 22.4 Å². The Kier molecular flexibility index (Phi) is 6.19. The highest BCUT2D eigenvalue weighted by atomic mass is 16.5. The highest BCUT2D eigenvalue weighted by Crippen LogP contribution is 2.26. The van der Waals surface area contributed by atoms with Gasteiger partial charge < -0.3 is 9.47 Å². The zero-order valence-corrected chi connectivity index (χ0v) is 16.5. The third kappa shape index (κ3) is 4.82. The molecule has 0 bridgehead atoms. The zero-order valence-electron chi connectivity index (χ0n) is 16.5. The van der Waals surface area contributed by atoms with Crippen molar-refractivity contribution in [3.05, 3.63) is 58.7 Å². The molecule has 2 aromatic carbocycles. The van der Waals surface area contributed by atoms with Crippen molar-refractivity contribution in [1.29, 1.82) is 0 Å². The van der Waals surface area contributed by atoms with Crippen molar-refractivity contribution < 1.29 is 19.1 Å². The maximum absolute atomic E-state index is 12.2. The zero-order chi connectivity index (χ0) is 20.1. The third-order valence-corrected chi connectivity index (χ3v) is 4.99. The number of nitrogens with one attached hydrogen (secondary N) is 2. The van der Waals surface area contributed by atoms with Crippen LogP contribution >= 0.6 is 0 Å². The molecular formula is C22H26N2O4. The second kappa shape index (κ2) is 8.78. The lowest BCUT2D eigenvalue weighted by Crippen LogP contribution is -2.48. The molecule has 0 saturated heterocycles. The Hall–Kier alpha value is -3.02. The van der Waals surface area contributed by atoms with Crippen LogP contribution in [0.5, 0.6) is 11.5 Å². The van der Waals surface area contributed by atoms with Crippen molar-refractivity contribution in [3.63, 3.8) is 0 Å². The highest BCUT2D eigenvalue weighted by molar-refractivity contribution is 5.85. The molecule has 0 heterocycles. The molecule has 2 amide bonds. The fourth-order valence-electron chi connectivity index (χ4n) is 3.15. The average Bonchev–Trinajstić information content (AvgIpc) is 3.15. The first kappa shape index (κ1) is 19.7. The predicted molar refractivity (Wildman–Crippen MR) is 106 cm³/mol. The van der Waals surface area contributed by atoms with Gasteiger partial charge >= 0.3 is 0 Å². The Morgan fingerprint density at radius 2 is 1.86 bits per heavy atom. The van der Waals surface area contributed by atoms with E-state index in [0.29, 0.717) is 11.5 Å². The van der Waals surface area contributed by atoms with Crippen molar-refractivity contribution in [3.8, 4) is 11.5 Å². The summed E-state index contributed by atoms with van der Waals surface area (Å²) >= 11 is 0. The van der Waals surface area contributed by atoms with Crippen LogP contribution in [0.2, 0.25) is 0 Å². The summed E-state index contributed by atoms with van der Waals surface area (Å²) < 4.78 is 11.2. The minimum atomic E-state index is -0.751. The van der Waals surface area contributed by atoms with Gasteiger partial charge in [0.1, 0.15) is 11.5 Å². The van der Waals surface area contributed by atoms with Gasteiger partial charge in [0, 0.05) is 0 Å². The van der Waals surface area contributed by atoms with Crippen molar-refractivity contribution in [2.75, 3.05) is 6.61 Å². The molecule has 2 aromatic rings. The lowest BCUT2D eigenvalue weighted by Gasteiger charge is -2.17. The molecule has 6 nitrogen and oxygen atoms in total. The summed E-state index contributed by atoms with van der Waals surface area (Å²) in [6, 6.07) is 11.6. The van der Waals surface area contributed by atoms with E-state index in [1.54, 1.807) is 6.92 Å².